The summed E-state index contributed by atoms with van der Waals surface area (Å²) >= 11 is 0. The van der Waals surface area contributed by atoms with Crippen molar-refractivity contribution in [2.24, 2.45) is 5.41 Å². The minimum absolute atomic E-state index is 0.0129. The fourth-order valence-electron chi connectivity index (χ4n) is 2.75. The Bertz CT molecular complexity index is 773. The zero-order valence-electron chi connectivity index (χ0n) is 15.4. The Morgan fingerprint density at radius 2 is 1.59 bits per heavy atom. The van der Waals surface area contributed by atoms with E-state index >= 15 is 0 Å². The average molecular weight is 378 g/mol. The summed E-state index contributed by atoms with van der Waals surface area (Å²) in [7, 11) is 0. The van der Waals surface area contributed by atoms with Crippen LogP contribution in [0.4, 0.5) is 0 Å². The number of esters is 2. The molecule has 0 aromatic carbocycles. The Morgan fingerprint density at radius 1 is 1.04 bits per heavy atom. The Labute approximate surface area is 156 Å². The van der Waals surface area contributed by atoms with Gasteiger partial charge in [0.1, 0.15) is 5.76 Å². The predicted octanol–water partition coefficient (Wildman–Crippen LogP) is 2.37. The van der Waals surface area contributed by atoms with E-state index in [2.05, 4.69) is 13.2 Å². The van der Waals surface area contributed by atoms with Crippen molar-refractivity contribution in [3.8, 4) is 0 Å². The molecule has 8 nitrogen and oxygen atoms in total. The minimum atomic E-state index is -2.63. The summed E-state index contributed by atoms with van der Waals surface area (Å²) in [5, 5.41) is 19.9. The third kappa shape index (κ3) is 3.69. The van der Waals surface area contributed by atoms with Crippen LogP contribution in [0.1, 0.15) is 33.6 Å². The maximum absolute atomic E-state index is 12.3. The molecule has 0 spiro atoms. The van der Waals surface area contributed by atoms with Gasteiger partial charge in [-0.25, -0.2) is 14.4 Å². The van der Waals surface area contributed by atoms with Crippen LogP contribution in [0.2, 0.25) is 0 Å². The highest BCUT2D eigenvalue weighted by molar-refractivity contribution is 5.98. The lowest BCUT2D eigenvalue weighted by atomic mass is 9.64. The molecule has 2 N–H and O–H groups in total. The standard InChI is InChI=1S/C19H22O8/c1-6-9-18(16(22)23)13(26-14(20)11(2)3)8-7-10-19(18,17(24)25)27-15(21)12(4)5/h7-8,10H,2,4,6,9H2,1,3,5H3,(H,22,23)(H,24,25). The zero-order chi connectivity index (χ0) is 21.0. The highest BCUT2D eigenvalue weighted by Gasteiger charge is 2.67. The summed E-state index contributed by atoms with van der Waals surface area (Å²) < 4.78 is 10.3. The van der Waals surface area contributed by atoms with Crippen LogP contribution in [-0.4, -0.2) is 39.7 Å². The van der Waals surface area contributed by atoms with Crippen LogP contribution in [0.25, 0.3) is 0 Å². The maximum Gasteiger partial charge on any atom is 0.354 e. The number of aliphatic carboxylic acids is 2. The van der Waals surface area contributed by atoms with Crippen molar-refractivity contribution in [1.82, 2.24) is 0 Å². The van der Waals surface area contributed by atoms with Crippen molar-refractivity contribution in [3.05, 3.63) is 48.3 Å². The summed E-state index contributed by atoms with van der Waals surface area (Å²) in [5.74, 6) is -5.81. The molecule has 2 unspecified atom stereocenters. The molecule has 0 saturated carbocycles. The van der Waals surface area contributed by atoms with E-state index in [1.54, 1.807) is 6.92 Å². The van der Waals surface area contributed by atoms with Crippen LogP contribution in [-0.2, 0) is 28.7 Å². The van der Waals surface area contributed by atoms with Gasteiger partial charge in [0.15, 0.2) is 5.41 Å². The normalized spacial score (nSPS) is 23.7. The summed E-state index contributed by atoms with van der Waals surface area (Å²) in [6.07, 6.45) is 3.20. The molecule has 0 amide bonds. The zero-order valence-corrected chi connectivity index (χ0v) is 15.4. The molecule has 0 saturated heterocycles. The largest absolute Gasteiger partial charge is 0.480 e. The SMILES string of the molecule is C=C(C)C(=O)OC1=CC=CC(OC(=O)C(=C)C)(C(=O)O)C1(CCC)C(=O)O. The summed E-state index contributed by atoms with van der Waals surface area (Å²) in [6, 6.07) is 0. The number of carbonyl (C=O) groups is 4. The van der Waals surface area contributed by atoms with Gasteiger partial charge >= 0.3 is 23.9 Å². The smallest absolute Gasteiger partial charge is 0.354 e. The van der Waals surface area contributed by atoms with E-state index in [1.165, 1.54) is 19.9 Å². The van der Waals surface area contributed by atoms with Gasteiger partial charge in [0.25, 0.3) is 0 Å². The van der Waals surface area contributed by atoms with Crippen molar-refractivity contribution in [3.63, 3.8) is 0 Å². The number of carboxylic acid groups (broad SMARTS) is 2. The second-order valence-corrected chi connectivity index (χ2v) is 6.23. The molecule has 1 rings (SSSR count). The number of rotatable bonds is 8. The van der Waals surface area contributed by atoms with Crippen molar-refractivity contribution in [2.75, 3.05) is 0 Å². The third-order valence-corrected chi connectivity index (χ3v) is 4.09. The van der Waals surface area contributed by atoms with Gasteiger partial charge in [0, 0.05) is 11.1 Å². The van der Waals surface area contributed by atoms with Crippen molar-refractivity contribution in [2.45, 2.75) is 39.2 Å². The number of carboxylic acids is 2. The average Bonchev–Trinajstić information content (AvgIpc) is 2.56. The molecule has 0 radical (unpaired) electrons. The van der Waals surface area contributed by atoms with Crippen LogP contribution < -0.4 is 0 Å². The van der Waals surface area contributed by atoms with Crippen molar-refractivity contribution < 1.29 is 38.9 Å². The molecule has 0 fully saturated rings. The first kappa shape index (κ1) is 21.9. The molecule has 27 heavy (non-hydrogen) atoms. The number of hydrogen-bond donors (Lipinski definition) is 2. The van der Waals surface area contributed by atoms with E-state index in [-0.39, 0.29) is 24.0 Å². The van der Waals surface area contributed by atoms with Gasteiger partial charge in [-0.3, -0.25) is 4.79 Å². The van der Waals surface area contributed by atoms with E-state index in [4.69, 9.17) is 9.47 Å². The van der Waals surface area contributed by atoms with E-state index in [1.807, 2.05) is 0 Å². The summed E-state index contributed by atoms with van der Waals surface area (Å²) in [4.78, 5) is 48.6. The van der Waals surface area contributed by atoms with Gasteiger partial charge in [0.2, 0.25) is 5.60 Å². The molecule has 146 valence electrons. The fourth-order valence-corrected chi connectivity index (χ4v) is 2.75. The highest BCUT2D eigenvalue weighted by atomic mass is 16.6. The van der Waals surface area contributed by atoms with E-state index in [9.17, 15) is 29.4 Å². The molecule has 1 aliphatic rings. The van der Waals surface area contributed by atoms with Crippen LogP contribution >= 0.6 is 0 Å². The second kappa shape index (κ2) is 8.03. The van der Waals surface area contributed by atoms with Crippen LogP contribution in [0.5, 0.6) is 0 Å². The Kier molecular flexibility index (Phi) is 6.51. The molecule has 0 aromatic heterocycles. The van der Waals surface area contributed by atoms with E-state index < -0.39 is 40.7 Å². The lowest BCUT2D eigenvalue weighted by Crippen LogP contribution is -2.61. The molecule has 8 heteroatoms. The quantitative estimate of drug-likeness (QED) is 0.487. The fraction of sp³-hybridized carbons (Fsp3) is 0.368. The first-order valence-corrected chi connectivity index (χ1v) is 8.09. The van der Waals surface area contributed by atoms with Crippen LogP contribution in [0.15, 0.2) is 48.3 Å². The maximum atomic E-state index is 12.3. The number of allylic oxidation sites excluding steroid dienone is 2. The molecule has 1 aliphatic carbocycles. The second-order valence-electron chi connectivity index (χ2n) is 6.23. The minimum Gasteiger partial charge on any atom is -0.480 e. The van der Waals surface area contributed by atoms with Gasteiger partial charge in [-0.1, -0.05) is 32.6 Å². The molecule has 0 heterocycles. The van der Waals surface area contributed by atoms with Gasteiger partial charge < -0.3 is 19.7 Å². The van der Waals surface area contributed by atoms with Gasteiger partial charge in [-0.05, 0) is 32.4 Å². The number of carbonyl (C=O) groups excluding carboxylic acids is 2. The van der Waals surface area contributed by atoms with Crippen molar-refractivity contribution in [1.29, 1.82) is 0 Å². The summed E-state index contributed by atoms with van der Waals surface area (Å²) in [5.41, 5.74) is -5.13. The lowest BCUT2D eigenvalue weighted by molar-refractivity contribution is -0.195. The third-order valence-electron chi connectivity index (χ3n) is 4.09. The molecule has 0 aliphatic heterocycles. The highest BCUT2D eigenvalue weighted by Crippen LogP contribution is 2.50. The number of ether oxygens (including phenoxy) is 2. The Morgan fingerprint density at radius 3 is 2.00 bits per heavy atom. The summed E-state index contributed by atoms with van der Waals surface area (Å²) in [6.45, 7) is 11.1. The first-order valence-electron chi connectivity index (χ1n) is 8.09. The first-order chi connectivity index (χ1) is 12.5. The lowest BCUT2D eigenvalue weighted by Gasteiger charge is -2.44. The molecule has 2 atom stereocenters. The molecule has 0 aromatic rings. The van der Waals surface area contributed by atoms with Gasteiger partial charge in [0.05, 0.1) is 0 Å². The van der Waals surface area contributed by atoms with E-state index in [0.29, 0.717) is 0 Å². The van der Waals surface area contributed by atoms with E-state index in [0.717, 1.165) is 12.2 Å². The monoisotopic (exact) mass is 378 g/mol. The molecular weight excluding hydrogens is 356 g/mol. The topological polar surface area (TPSA) is 127 Å². The van der Waals surface area contributed by atoms with Gasteiger partial charge in [-0.2, -0.15) is 0 Å². The Balaban J connectivity index is 3.74. The van der Waals surface area contributed by atoms with Crippen LogP contribution in [0, 0.1) is 5.41 Å². The Hall–Kier alpha value is -3.16. The van der Waals surface area contributed by atoms with Crippen LogP contribution in [0.3, 0.4) is 0 Å². The predicted molar refractivity (Wildman–Crippen MR) is 94.4 cm³/mol. The molecular formula is C19H22O8. The molecule has 0 bridgehead atoms. The van der Waals surface area contributed by atoms with Crippen molar-refractivity contribution >= 4 is 23.9 Å². The number of hydrogen-bond acceptors (Lipinski definition) is 6. The van der Waals surface area contributed by atoms with Gasteiger partial charge in [-0.15, -0.1) is 0 Å².